The zero-order valence-electron chi connectivity index (χ0n) is 18.4. The Balaban J connectivity index is 2.54. The molecule has 1 heterocycles. The lowest BCUT2D eigenvalue weighted by molar-refractivity contribution is -0.302. The first-order valence-electron chi connectivity index (χ1n) is 11.2. The number of carbonyl (C=O) groups is 1. The molecule has 1 aliphatic heterocycles. The van der Waals surface area contributed by atoms with E-state index in [9.17, 15) is 25.2 Å². The van der Waals surface area contributed by atoms with Crippen molar-refractivity contribution in [2.75, 3.05) is 26.4 Å². The monoisotopic (exact) mass is 435 g/mol. The van der Waals surface area contributed by atoms with Gasteiger partial charge in [0.2, 0.25) is 5.91 Å². The maximum atomic E-state index is 12.2. The van der Waals surface area contributed by atoms with E-state index in [0.717, 1.165) is 44.9 Å². The van der Waals surface area contributed by atoms with E-state index >= 15 is 0 Å². The second-order valence-corrected chi connectivity index (χ2v) is 7.89. The third kappa shape index (κ3) is 10.00. The fourth-order valence-electron chi connectivity index (χ4n) is 3.24. The Kier molecular flexibility index (Phi) is 14.4. The highest BCUT2D eigenvalue weighted by Crippen LogP contribution is 2.22. The number of aliphatic hydroxyl groups is 4. The molecule has 0 aromatic rings. The highest BCUT2D eigenvalue weighted by Gasteiger charge is 2.44. The van der Waals surface area contributed by atoms with E-state index in [1.165, 1.54) is 0 Å². The lowest BCUT2D eigenvalue weighted by Crippen LogP contribution is -2.59. The van der Waals surface area contributed by atoms with E-state index < -0.39 is 43.4 Å². The van der Waals surface area contributed by atoms with Gasteiger partial charge in [-0.15, -0.1) is 0 Å². The van der Waals surface area contributed by atoms with Crippen molar-refractivity contribution in [3.8, 4) is 0 Å². The Labute approximate surface area is 179 Å². The standard InChI is InChI=1S/C21H41NO8/c1-3-5-7-9-11-28-13-15(22-17(24)10-8-6-4-2)14-29-21-20(27)19(26)18(25)16(12-23)30-21/h15-16,18-21,23,25-27H,3-14H2,1-2H3,(H,22,24)/t15-,16-,18+,19+,20-,21-/m1/s1. The summed E-state index contributed by atoms with van der Waals surface area (Å²) in [5.74, 6) is -0.0968. The van der Waals surface area contributed by atoms with Crippen LogP contribution in [0, 0.1) is 0 Å². The van der Waals surface area contributed by atoms with Crippen LogP contribution in [0.5, 0.6) is 0 Å². The van der Waals surface area contributed by atoms with Crippen LogP contribution in [0.4, 0.5) is 0 Å². The summed E-state index contributed by atoms with van der Waals surface area (Å²) in [6.07, 6.45) is 0.874. The molecule has 5 N–H and O–H groups in total. The maximum absolute atomic E-state index is 12.2. The number of nitrogens with one attached hydrogen (secondary N) is 1. The number of carbonyl (C=O) groups excluding carboxylic acids is 1. The summed E-state index contributed by atoms with van der Waals surface area (Å²) in [6, 6.07) is -0.447. The molecule has 1 amide bonds. The molecule has 178 valence electrons. The fraction of sp³-hybridized carbons (Fsp3) is 0.952. The SMILES string of the molecule is CCCCCCOC[C@H](CO[C@@H]1O[C@H](CO)[C@H](O)[C@H](O)[C@H]1O)NC(=O)CCCCC. The summed E-state index contributed by atoms with van der Waals surface area (Å²) in [7, 11) is 0. The molecule has 0 aromatic carbocycles. The van der Waals surface area contributed by atoms with Gasteiger partial charge in [0.1, 0.15) is 24.4 Å². The molecule has 0 spiro atoms. The van der Waals surface area contributed by atoms with Crippen LogP contribution in [0.3, 0.4) is 0 Å². The summed E-state index contributed by atoms with van der Waals surface area (Å²) >= 11 is 0. The van der Waals surface area contributed by atoms with Gasteiger partial charge in [-0.1, -0.05) is 46.0 Å². The highest BCUT2D eigenvalue weighted by atomic mass is 16.7. The minimum absolute atomic E-state index is 0.00281. The largest absolute Gasteiger partial charge is 0.394 e. The summed E-state index contributed by atoms with van der Waals surface area (Å²) < 4.78 is 16.6. The highest BCUT2D eigenvalue weighted by molar-refractivity contribution is 5.76. The normalized spacial score (nSPS) is 27.7. The van der Waals surface area contributed by atoms with Crippen LogP contribution >= 0.6 is 0 Å². The molecule has 9 nitrogen and oxygen atoms in total. The third-order valence-electron chi connectivity index (χ3n) is 5.14. The van der Waals surface area contributed by atoms with Crippen LogP contribution < -0.4 is 5.32 Å². The van der Waals surface area contributed by atoms with Crippen molar-refractivity contribution in [2.24, 2.45) is 0 Å². The van der Waals surface area contributed by atoms with Gasteiger partial charge in [-0.25, -0.2) is 0 Å². The Morgan fingerprint density at radius 1 is 0.967 bits per heavy atom. The number of rotatable bonds is 16. The zero-order valence-corrected chi connectivity index (χ0v) is 18.4. The summed E-state index contributed by atoms with van der Waals surface area (Å²) in [4.78, 5) is 12.2. The van der Waals surface area contributed by atoms with Gasteiger partial charge in [0.15, 0.2) is 6.29 Å². The minimum atomic E-state index is -1.50. The molecule has 6 atom stereocenters. The van der Waals surface area contributed by atoms with Crippen molar-refractivity contribution in [3.05, 3.63) is 0 Å². The zero-order chi connectivity index (χ0) is 22.4. The average molecular weight is 436 g/mol. The van der Waals surface area contributed by atoms with E-state index in [2.05, 4.69) is 19.2 Å². The van der Waals surface area contributed by atoms with Crippen LogP contribution in [-0.2, 0) is 19.0 Å². The molecule has 30 heavy (non-hydrogen) atoms. The van der Waals surface area contributed by atoms with Crippen molar-refractivity contribution in [1.29, 1.82) is 0 Å². The van der Waals surface area contributed by atoms with Crippen molar-refractivity contribution in [1.82, 2.24) is 5.32 Å². The topological polar surface area (TPSA) is 138 Å². The molecule has 1 fully saturated rings. The van der Waals surface area contributed by atoms with Crippen LogP contribution in [0.25, 0.3) is 0 Å². The van der Waals surface area contributed by atoms with E-state index in [1.807, 2.05) is 0 Å². The smallest absolute Gasteiger partial charge is 0.220 e. The summed E-state index contributed by atoms with van der Waals surface area (Å²) in [6.45, 7) is 4.52. The molecule has 0 aliphatic carbocycles. The van der Waals surface area contributed by atoms with Crippen LogP contribution in [0.1, 0.15) is 65.2 Å². The van der Waals surface area contributed by atoms with Crippen LogP contribution in [0.2, 0.25) is 0 Å². The number of amides is 1. The van der Waals surface area contributed by atoms with Gasteiger partial charge >= 0.3 is 0 Å². The predicted octanol–water partition coefficient (Wildman–Crippen LogP) is 0.465. The molecular formula is C21H41NO8. The molecular weight excluding hydrogens is 394 g/mol. The molecule has 1 saturated heterocycles. The van der Waals surface area contributed by atoms with Crippen molar-refractivity contribution in [3.63, 3.8) is 0 Å². The predicted molar refractivity (Wildman–Crippen MR) is 111 cm³/mol. The molecule has 1 rings (SSSR count). The van der Waals surface area contributed by atoms with Crippen molar-refractivity contribution < 1.29 is 39.4 Å². The number of unbranched alkanes of at least 4 members (excludes halogenated alkanes) is 5. The van der Waals surface area contributed by atoms with Crippen LogP contribution in [-0.4, -0.2) is 89.5 Å². The van der Waals surface area contributed by atoms with Crippen molar-refractivity contribution in [2.45, 2.75) is 102 Å². The van der Waals surface area contributed by atoms with Gasteiger partial charge < -0.3 is 40.0 Å². The fourth-order valence-corrected chi connectivity index (χ4v) is 3.24. The van der Waals surface area contributed by atoms with E-state index in [1.54, 1.807) is 0 Å². The average Bonchev–Trinajstić information content (AvgIpc) is 2.73. The first-order valence-corrected chi connectivity index (χ1v) is 11.2. The molecule has 1 aliphatic rings. The Bertz CT molecular complexity index is 451. The number of hydrogen-bond acceptors (Lipinski definition) is 8. The second-order valence-electron chi connectivity index (χ2n) is 7.89. The molecule has 0 saturated carbocycles. The molecule has 0 bridgehead atoms. The first kappa shape index (κ1) is 27.2. The van der Waals surface area contributed by atoms with Crippen molar-refractivity contribution >= 4 is 5.91 Å². The number of ether oxygens (including phenoxy) is 3. The third-order valence-corrected chi connectivity index (χ3v) is 5.14. The minimum Gasteiger partial charge on any atom is -0.394 e. The van der Waals surface area contributed by atoms with Gasteiger partial charge in [0, 0.05) is 13.0 Å². The van der Waals surface area contributed by atoms with Crippen LogP contribution in [0.15, 0.2) is 0 Å². The Morgan fingerprint density at radius 2 is 1.67 bits per heavy atom. The van der Waals surface area contributed by atoms with Gasteiger partial charge in [-0.2, -0.15) is 0 Å². The molecule has 0 radical (unpaired) electrons. The van der Waals surface area contributed by atoms with E-state index in [4.69, 9.17) is 14.2 Å². The first-order chi connectivity index (χ1) is 14.4. The van der Waals surface area contributed by atoms with E-state index in [0.29, 0.717) is 13.0 Å². The Hall–Kier alpha value is -0.810. The summed E-state index contributed by atoms with van der Waals surface area (Å²) in [5, 5.41) is 42.0. The quantitative estimate of drug-likeness (QED) is 0.221. The Morgan fingerprint density at radius 3 is 2.33 bits per heavy atom. The molecule has 0 aromatic heterocycles. The lowest BCUT2D eigenvalue weighted by atomic mass is 9.99. The summed E-state index contributed by atoms with van der Waals surface area (Å²) in [5.41, 5.74) is 0. The van der Waals surface area contributed by atoms with E-state index in [-0.39, 0.29) is 19.1 Å². The van der Waals surface area contributed by atoms with Gasteiger partial charge in [0.25, 0.3) is 0 Å². The number of hydrogen-bond donors (Lipinski definition) is 5. The lowest BCUT2D eigenvalue weighted by Gasteiger charge is -2.40. The second kappa shape index (κ2) is 15.9. The van der Waals surface area contributed by atoms with Gasteiger partial charge in [0.05, 0.1) is 25.9 Å². The van der Waals surface area contributed by atoms with Gasteiger partial charge in [-0.05, 0) is 12.8 Å². The molecule has 0 unspecified atom stereocenters. The van der Waals surface area contributed by atoms with Gasteiger partial charge in [-0.3, -0.25) is 4.79 Å². The molecule has 9 heteroatoms. The maximum Gasteiger partial charge on any atom is 0.220 e. The number of aliphatic hydroxyl groups excluding tert-OH is 4.